The van der Waals surface area contributed by atoms with E-state index >= 15 is 0 Å². The molecule has 1 aliphatic heterocycles. The van der Waals surface area contributed by atoms with Gasteiger partial charge in [-0.1, -0.05) is 0 Å². The molecular formula is C20H21N9O5. The lowest BCUT2D eigenvalue weighted by Gasteiger charge is -2.21. The standard InChI is InChI=1S/C20H21N9O5/c21-27-11-22-15(14-2-1-7-33-14)16-17(27)24-18-26(19(30)28(29(16)18)9-12-3-4-12)6-5-25-10-13(8-23-25)34-20(31)32/h1-2,7-8,10,12H,3-6,9,11,21H2,(H,31,32). The summed E-state index contributed by atoms with van der Waals surface area (Å²) in [4.78, 5) is 33.5. The number of carboxylic acid groups (broad SMARTS) is 1. The number of hydrazine groups is 1. The number of nitrogens with two attached hydrogens (primary N) is 1. The molecule has 0 radical (unpaired) electrons. The summed E-state index contributed by atoms with van der Waals surface area (Å²) in [6.07, 6.45) is 5.04. The predicted octanol–water partition coefficient (Wildman–Crippen LogP) is 0.743. The topological polar surface area (TPSA) is 163 Å². The first-order valence-electron chi connectivity index (χ1n) is 10.8. The molecule has 0 saturated heterocycles. The Kier molecular flexibility index (Phi) is 4.55. The van der Waals surface area contributed by atoms with Gasteiger partial charge in [-0.05, 0) is 30.9 Å². The molecule has 0 atom stereocenters. The predicted molar refractivity (Wildman–Crippen MR) is 117 cm³/mol. The van der Waals surface area contributed by atoms with E-state index in [1.807, 2.05) is 6.07 Å². The third kappa shape index (κ3) is 3.35. The number of hydrogen-bond acceptors (Lipinski definition) is 9. The summed E-state index contributed by atoms with van der Waals surface area (Å²) in [7, 11) is 0. The van der Waals surface area contributed by atoms with Gasteiger partial charge in [0.05, 0.1) is 31.7 Å². The maximum Gasteiger partial charge on any atom is 0.511 e. The number of furan rings is 1. The Bertz CT molecular complexity index is 1470. The van der Waals surface area contributed by atoms with Crippen molar-refractivity contribution < 1.29 is 19.1 Å². The molecule has 0 aromatic carbocycles. The molecule has 34 heavy (non-hydrogen) atoms. The van der Waals surface area contributed by atoms with Gasteiger partial charge in [0.1, 0.15) is 18.1 Å². The monoisotopic (exact) mass is 467 g/mol. The number of rotatable bonds is 7. The van der Waals surface area contributed by atoms with Gasteiger partial charge in [0.25, 0.3) is 0 Å². The maximum absolute atomic E-state index is 13.5. The molecule has 5 heterocycles. The van der Waals surface area contributed by atoms with E-state index in [1.165, 1.54) is 22.1 Å². The van der Waals surface area contributed by atoms with E-state index in [0.717, 1.165) is 12.8 Å². The first kappa shape index (κ1) is 20.3. The van der Waals surface area contributed by atoms with Gasteiger partial charge in [-0.2, -0.15) is 10.1 Å². The molecule has 14 heteroatoms. The number of aliphatic imine (C=N–C) groups is 1. The Hall–Kier alpha value is -4.33. The average molecular weight is 467 g/mol. The highest BCUT2D eigenvalue weighted by Crippen LogP contribution is 2.32. The van der Waals surface area contributed by atoms with E-state index in [-0.39, 0.29) is 24.7 Å². The van der Waals surface area contributed by atoms with Crippen LogP contribution in [0, 0.1) is 5.92 Å². The molecule has 2 aliphatic rings. The zero-order valence-corrected chi connectivity index (χ0v) is 17.9. The van der Waals surface area contributed by atoms with Crippen molar-refractivity contribution in [2.45, 2.75) is 32.5 Å². The van der Waals surface area contributed by atoms with Crippen LogP contribution < -0.4 is 21.3 Å². The summed E-state index contributed by atoms with van der Waals surface area (Å²) < 4.78 is 16.7. The van der Waals surface area contributed by atoms with Crippen molar-refractivity contribution in [2.24, 2.45) is 16.8 Å². The fraction of sp³-hybridized carbons (Fsp3) is 0.350. The normalized spacial score (nSPS) is 15.6. The number of carbonyl (C=O) groups is 1. The Morgan fingerprint density at radius 1 is 1.32 bits per heavy atom. The zero-order valence-electron chi connectivity index (χ0n) is 17.9. The Morgan fingerprint density at radius 3 is 2.91 bits per heavy atom. The van der Waals surface area contributed by atoms with Crippen LogP contribution in [-0.2, 0) is 19.6 Å². The fourth-order valence-electron chi connectivity index (χ4n) is 4.13. The summed E-state index contributed by atoms with van der Waals surface area (Å²) in [5.41, 5.74) is 0.976. The first-order chi connectivity index (χ1) is 16.5. The summed E-state index contributed by atoms with van der Waals surface area (Å²) in [6.45, 7) is 1.31. The number of ether oxygens (including phenoxy) is 1. The quantitative estimate of drug-likeness (QED) is 0.295. The summed E-state index contributed by atoms with van der Waals surface area (Å²) >= 11 is 0. The highest BCUT2D eigenvalue weighted by Gasteiger charge is 2.33. The smallest absolute Gasteiger partial charge is 0.463 e. The van der Waals surface area contributed by atoms with Gasteiger partial charge in [0.15, 0.2) is 17.3 Å². The third-order valence-electron chi connectivity index (χ3n) is 5.88. The highest BCUT2D eigenvalue weighted by molar-refractivity contribution is 6.14. The Morgan fingerprint density at radius 2 is 2.18 bits per heavy atom. The van der Waals surface area contributed by atoms with Gasteiger partial charge in [0, 0.05) is 6.54 Å². The molecule has 1 aliphatic carbocycles. The van der Waals surface area contributed by atoms with Crippen LogP contribution >= 0.6 is 0 Å². The molecule has 176 valence electrons. The molecule has 3 N–H and O–H groups in total. The summed E-state index contributed by atoms with van der Waals surface area (Å²) in [5, 5.41) is 14.3. The minimum Gasteiger partial charge on any atom is -0.463 e. The van der Waals surface area contributed by atoms with Crippen LogP contribution in [-0.4, -0.2) is 52.2 Å². The number of anilines is 1. The minimum absolute atomic E-state index is 0.102. The number of fused-ring (bicyclic) bond motifs is 3. The summed E-state index contributed by atoms with van der Waals surface area (Å²) in [6, 6.07) is 3.59. The van der Waals surface area contributed by atoms with Crippen LogP contribution in [0.25, 0.3) is 5.78 Å². The van der Waals surface area contributed by atoms with E-state index in [2.05, 4.69) is 14.8 Å². The van der Waals surface area contributed by atoms with Gasteiger partial charge in [-0.15, -0.1) is 0 Å². The van der Waals surface area contributed by atoms with Gasteiger partial charge in [-0.25, -0.2) is 24.6 Å². The zero-order chi connectivity index (χ0) is 23.4. The van der Waals surface area contributed by atoms with Gasteiger partial charge in [0.2, 0.25) is 5.78 Å². The van der Waals surface area contributed by atoms with Crippen molar-refractivity contribution in [1.82, 2.24) is 28.5 Å². The first-order valence-corrected chi connectivity index (χ1v) is 10.8. The SMILES string of the molecule is NN1CN=C(c2ccco2)c2c1nc1n(CCn3cc(OC(=O)O)cn3)c(=O)n(CC3CC3)n21. The molecule has 1 fully saturated rings. The lowest BCUT2D eigenvalue weighted by Crippen LogP contribution is -2.37. The summed E-state index contributed by atoms with van der Waals surface area (Å²) in [5.74, 6) is 8.23. The van der Waals surface area contributed by atoms with Crippen LogP contribution in [0.1, 0.15) is 24.3 Å². The molecule has 0 unspecified atom stereocenters. The minimum atomic E-state index is -1.42. The largest absolute Gasteiger partial charge is 0.511 e. The molecule has 6 rings (SSSR count). The number of aromatic nitrogens is 6. The van der Waals surface area contributed by atoms with E-state index in [0.29, 0.717) is 47.8 Å². The molecule has 4 aromatic rings. The van der Waals surface area contributed by atoms with Crippen molar-refractivity contribution >= 4 is 23.5 Å². The molecule has 0 bridgehead atoms. The van der Waals surface area contributed by atoms with Crippen molar-refractivity contribution in [3.8, 4) is 5.75 Å². The second-order valence-electron chi connectivity index (χ2n) is 8.26. The number of nitrogens with zero attached hydrogens (tertiary/aromatic N) is 8. The molecule has 14 nitrogen and oxygen atoms in total. The molecule has 4 aromatic heterocycles. The van der Waals surface area contributed by atoms with E-state index in [4.69, 9.17) is 20.4 Å². The Labute approximate surface area is 191 Å². The van der Waals surface area contributed by atoms with Crippen molar-refractivity contribution in [2.75, 3.05) is 11.7 Å². The second-order valence-corrected chi connectivity index (χ2v) is 8.26. The lowest BCUT2D eigenvalue weighted by atomic mass is 10.2. The van der Waals surface area contributed by atoms with Crippen LogP contribution in [0.15, 0.2) is 45.0 Å². The highest BCUT2D eigenvalue weighted by atomic mass is 16.7. The van der Waals surface area contributed by atoms with Gasteiger partial charge >= 0.3 is 11.8 Å². The van der Waals surface area contributed by atoms with Crippen LogP contribution in [0.3, 0.4) is 0 Å². The number of hydrogen-bond donors (Lipinski definition) is 2. The van der Waals surface area contributed by atoms with E-state index in [1.54, 1.807) is 26.1 Å². The molecular weight excluding hydrogens is 446 g/mol. The average Bonchev–Trinajstić information content (AvgIpc) is 3.15. The van der Waals surface area contributed by atoms with E-state index < -0.39 is 6.16 Å². The molecule has 0 spiro atoms. The van der Waals surface area contributed by atoms with Crippen LogP contribution in [0.5, 0.6) is 5.75 Å². The number of aryl methyl sites for hydroxylation is 2. The lowest BCUT2D eigenvalue weighted by molar-refractivity contribution is 0.144. The third-order valence-corrected chi connectivity index (χ3v) is 5.88. The Balaban J connectivity index is 1.43. The second kappa shape index (κ2) is 7.62. The maximum atomic E-state index is 13.5. The molecule has 0 amide bonds. The molecule has 1 saturated carbocycles. The van der Waals surface area contributed by atoms with Gasteiger partial charge in [-0.3, -0.25) is 19.3 Å². The van der Waals surface area contributed by atoms with Crippen molar-refractivity contribution in [1.29, 1.82) is 0 Å². The number of imidazole rings is 1. The van der Waals surface area contributed by atoms with Crippen molar-refractivity contribution in [3.05, 3.63) is 52.7 Å². The fourth-order valence-corrected chi connectivity index (χ4v) is 4.13. The van der Waals surface area contributed by atoms with E-state index in [9.17, 15) is 9.59 Å². The van der Waals surface area contributed by atoms with Crippen LogP contribution in [0.4, 0.5) is 10.6 Å². The van der Waals surface area contributed by atoms with Crippen molar-refractivity contribution in [3.63, 3.8) is 0 Å². The van der Waals surface area contributed by atoms with Gasteiger partial charge < -0.3 is 14.3 Å². The van der Waals surface area contributed by atoms with Crippen LogP contribution in [0.2, 0.25) is 0 Å².